The lowest BCUT2D eigenvalue weighted by atomic mass is 10.1. The van der Waals surface area contributed by atoms with Crippen molar-refractivity contribution < 1.29 is 4.74 Å². The van der Waals surface area contributed by atoms with Crippen LogP contribution < -0.4 is 10.1 Å². The zero-order valence-corrected chi connectivity index (χ0v) is 14.0. The lowest BCUT2D eigenvalue weighted by Crippen LogP contribution is -2.23. The molecule has 5 heteroatoms. The van der Waals surface area contributed by atoms with Crippen LogP contribution in [-0.2, 0) is 19.5 Å². The maximum atomic E-state index is 5.72. The van der Waals surface area contributed by atoms with Crippen molar-refractivity contribution in [3.63, 3.8) is 0 Å². The molecule has 0 fully saturated rings. The molecule has 0 amide bonds. The number of hydrogen-bond acceptors (Lipinski definition) is 3. The number of fused-ring (bicyclic) bond motifs is 1. The van der Waals surface area contributed by atoms with E-state index in [1.807, 2.05) is 12.1 Å². The maximum Gasteiger partial charge on any atom is 0.124 e. The summed E-state index contributed by atoms with van der Waals surface area (Å²) in [5.74, 6) is 0.993. The Morgan fingerprint density at radius 1 is 1.38 bits per heavy atom. The number of aryl methyl sites for hydroxylation is 2. The first-order valence-electron chi connectivity index (χ1n) is 7.43. The van der Waals surface area contributed by atoms with Crippen LogP contribution in [0.2, 0.25) is 0 Å². The summed E-state index contributed by atoms with van der Waals surface area (Å²) < 4.78 is 8.91. The van der Waals surface area contributed by atoms with Crippen molar-refractivity contribution in [2.75, 3.05) is 6.61 Å². The summed E-state index contributed by atoms with van der Waals surface area (Å²) in [6.45, 7) is 6.61. The number of ether oxygens (including phenoxy) is 1. The van der Waals surface area contributed by atoms with Crippen molar-refractivity contribution >= 4 is 15.9 Å². The standard InChI is InChI=1S/C16H20BrN3O/c1-3-12-16(17)14(20(4-2)19-12)9-18-13-10-21-15-8-6-5-7-11(13)15/h5-8,13,18H,3-4,9-10H2,1-2H3. The van der Waals surface area contributed by atoms with Gasteiger partial charge in [-0.1, -0.05) is 25.1 Å². The molecule has 1 aliphatic heterocycles. The van der Waals surface area contributed by atoms with Crippen LogP contribution in [0.1, 0.15) is 36.8 Å². The van der Waals surface area contributed by atoms with Gasteiger partial charge in [0.05, 0.1) is 21.9 Å². The van der Waals surface area contributed by atoms with E-state index in [1.165, 1.54) is 11.3 Å². The Hall–Kier alpha value is -1.33. The number of rotatable bonds is 5. The Morgan fingerprint density at radius 2 is 2.19 bits per heavy atom. The van der Waals surface area contributed by atoms with Crippen LogP contribution in [-0.4, -0.2) is 16.4 Å². The summed E-state index contributed by atoms with van der Waals surface area (Å²) in [5.41, 5.74) is 3.57. The number of halogens is 1. The SMILES string of the molecule is CCc1nn(CC)c(CNC2COc3ccccc32)c1Br. The fraction of sp³-hybridized carbons (Fsp3) is 0.438. The molecule has 112 valence electrons. The van der Waals surface area contributed by atoms with E-state index in [1.54, 1.807) is 0 Å². The van der Waals surface area contributed by atoms with Crippen LogP contribution in [0.5, 0.6) is 5.75 Å². The van der Waals surface area contributed by atoms with Gasteiger partial charge in [-0.2, -0.15) is 5.10 Å². The number of nitrogens with one attached hydrogen (secondary N) is 1. The molecule has 1 aromatic heterocycles. The minimum Gasteiger partial charge on any atom is -0.491 e. The summed E-state index contributed by atoms with van der Waals surface area (Å²) in [4.78, 5) is 0. The van der Waals surface area contributed by atoms with Gasteiger partial charge in [0, 0.05) is 18.7 Å². The normalized spacial score (nSPS) is 16.8. The molecule has 0 spiro atoms. The second-order valence-corrected chi connectivity index (χ2v) is 5.95. The number of benzene rings is 1. The molecule has 0 radical (unpaired) electrons. The minimum absolute atomic E-state index is 0.249. The number of para-hydroxylation sites is 1. The van der Waals surface area contributed by atoms with Gasteiger partial charge in [0.15, 0.2) is 0 Å². The van der Waals surface area contributed by atoms with Crippen molar-refractivity contribution in [3.05, 3.63) is 45.7 Å². The average Bonchev–Trinajstić information content (AvgIpc) is 3.06. The molecule has 2 aromatic rings. The van der Waals surface area contributed by atoms with E-state index in [4.69, 9.17) is 4.74 Å². The third-order valence-corrected chi connectivity index (χ3v) is 4.83. The Kier molecular flexibility index (Phi) is 4.31. The minimum atomic E-state index is 0.249. The molecular weight excluding hydrogens is 330 g/mol. The molecule has 4 nitrogen and oxygen atoms in total. The zero-order valence-electron chi connectivity index (χ0n) is 12.4. The highest BCUT2D eigenvalue weighted by molar-refractivity contribution is 9.10. The lowest BCUT2D eigenvalue weighted by molar-refractivity contribution is 0.309. The first kappa shape index (κ1) is 14.6. The van der Waals surface area contributed by atoms with Crippen molar-refractivity contribution in [2.45, 2.75) is 39.4 Å². The molecule has 0 bridgehead atoms. The maximum absolute atomic E-state index is 5.72. The molecule has 1 N–H and O–H groups in total. The first-order valence-corrected chi connectivity index (χ1v) is 8.23. The lowest BCUT2D eigenvalue weighted by Gasteiger charge is -2.13. The molecule has 1 atom stereocenters. The molecule has 0 saturated carbocycles. The Bertz CT molecular complexity index is 638. The summed E-state index contributed by atoms with van der Waals surface area (Å²) in [5, 5.41) is 8.23. The van der Waals surface area contributed by atoms with Crippen molar-refractivity contribution in [1.82, 2.24) is 15.1 Å². The fourth-order valence-electron chi connectivity index (χ4n) is 2.74. The largest absolute Gasteiger partial charge is 0.491 e. The zero-order chi connectivity index (χ0) is 14.8. The third kappa shape index (κ3) is 2.72. The van der Waals surface area contributed by atoms with E-state index in [-0.39, 0.29) is 6.04 Å². The van der Waals surface area contributed by atoms with Gasteiger partial charge in [0.2, 0.25) is 0 Å². The van der Waals surface area contributed by atoms with E-state index in [0.29, 0.717) is 6.61 Å². The molecule has 3 rings (SSSR count). The third-order valence-electron chi connectivity index (χ3n) is 3.91. The van der Waals surface area contributed by atoms with Gasteiger partial charge in [0.1, 0.15) is 12.4 Å². The van der Waals surface area contributed by atoms with E-state index in [9.17, 15) is 0 Å². The first-order chi connectivity index (χ1) is 10.2. The quantitative estimate of drug-likeness (QED) is 0.898. The van der Waals surface area contributed by atoms with Crippen LogP contribution >= 0.6 is 15.9 Å². The van der Waals surface area contributed by atoms with Crippen LogP contribution in [0.4, 0.5) is 0 Å². The van der Waals surface area contributed by atoms with Gasteiger partial charge in [0.25, 0.3) is 0 Å². The van der Waals surface area contributed by atoms with Gasteiger partial charge in [-0.25, -0.2) is 0 Å². The molecule has 21 heavy (non-hydrogen) atoms. The van der Waals surface area contributed by atoms with Crippen molar-refractivity contribution in [1.29, 1.82) is 0 Å². The van der Waals surface area contributed by atoms with Gasteiger partial charge in [-0.05, 0) is 35.3 Å². The predicted molar refractivity (Wildman–Crippen MR) is 86.5 cm³/mol. The molecular formula is C16H20BrN3O. The molecule has 0 aliphatic carbocycles. The fourth-order valence-corrected chi connectivity index (χ4v) is 3.44. The van der Waals surface area contributed by atoms with Crippen LogP contribution in [0.25, 0.3) is 0 Å². The summed E-state index contributed by atoms with van der Waals surface area (Å²) in [7, 11) is 0. The highest BCUT2D eigenvalue weighted by Gasteiger charge is 2.24. The van der Waals surface area contributed by atoms with E-state index >= 15 is 0 Å². The van der Waals surface area contributed by atoms with Crippen LogP contribution in [0.15, 0.2) is 28.7 Å². The summed E-state index contributed by atoms with van der Waals surface area (Å²) in [6, 6.07) is 8.47. The highest BCUT2D eigenvalue weighted by atomic mass is 79.9. The molecule has 1 unspecified atom stereocenters. The molecule has 2 heterocycles. The number of nitrogens with zero attached hydrogens (tertiary/aromatic N) is 2. The molecule has 1 aromatic carbocycles. The van der Waals surface area contributed by atoms with Crippen molar-refractivity contribution in [2.24, 2.45) is 0 Å². The van der Waals surface area contributed by atoms with Crippen LogP contribution in [0, 0.1) is 0 Å². The van der Waals surface area contributed by atoms with Crippen molar-refractivity contribution in [3.8, 4) is 5.75 Å². The Morgan fingerprint density at radius 3 is 2.95 bits per heavy atom. The van der Waals surface area contributed by atoms with Gasteiger partial charge in [-0.15, -0.1) is 0 Å². The Balaban J connectivity index is 1.76. The predicted octanol–water partition coefficient (Wildman–Crippen LogP) is 3.45. The van der Waals surface area contributed by atoms with E-state index < -0.39 is 0 Å². The second kappa shape index (κ2) is 6.20. The average molecular weight is 350 g/mol. The van der Waals surface area contributed by atoms with E-state index in [2.05, 4.69) is 57.0 Å². The number of hydrogen-bond donors (Lipinski definition) is 1. The molecule has 0 saturated heterocycles. The van der Waals surface area contributed by atoms with Gasteiger partial charge in [-0.3, -0.25) is 4.68 Å². The number of aromatic nitrogens is 2. The Labute approximate surface area is 133 Å². The highest BCUT2D eigenvalue weighted by Crippen LogP contribution is 2.32. The summed E-state index contributed by atoms with van der Waals surface area (Å²) >= 11 is 3.69. The van der Waals surface area contributed by atoms with Gasteiger partial charge < -0.3 is 10.1 Å². The second-order valence-electron chi connectivity index (χ2n) is 5.16. The summed E-state index contributed by atoms with van der Waals surface area (Å²) in [6.07, 6.45) is 0.940. The topological polar surface area (TPSA) is 39.1 Å². The van der Waals surface area contributed by atoms with Crippen LogP contribution in [0.3, 0.4) is 0 Å². The smallest absolute Gasteiger partial charge is 0.124 e. The molecule has 1 aliphatic rings. The van der Waals surface area contributed by atoms with E-state index in [0.717, 1.165) is 35.4 Å². The monoisotopic (exact) mass is 349 g/mol. The van der Waals surface area contributed by atoms with Gasteiger partial charge >= 0.3 is 0 Å².